The summed E-state index contributed by atoms with van der Waals surface area (Å²) in [6.07, 6.45) is 7.04. The number of hydrogen-bond acceptors (Lipinski definition) is 8. The van der Waals surface area contributed by atoms with Crippen molar-refractivity contribution in [2.24, 2.45) is 0 Å². The molecule has 0 fully saturated rings. The van der Waals surface area contributed by atoms with Gasteiger partial charge in [0.05, 0.1) is 45.2 Å². The Labute approximate surface area is 509 Å². The normalized spacial score (nSPS) is 11.4. The Kier molecular flexibility index (Phi) is 13.0. The van der Waals surface area contributed by atoms with Gasteiger partial charge in [-0.05, 0) is 154 Å². The molecule has 414 valence electrons. The number of nitrogens with zero attached hydrogens (tertiary/aromatic N) is 8. The van der Waals surface area contributed by atoms with Crippen LogP contribution in [0.4, 0.5) is 68.2 Å². The molecule has 0 amide bonds. The second-order valence-electron chi connectivity index (χ2n) is 21.9. The van der Waals surface area contributed by atoms with Gasteiger partial charge in [0.15, 0.2) is 0 Å². The lowest BCUT2D eigenvalue weighted by atomic mass is 10.0. The van der Waals surface area contributed by atoms with Gasteiger partial charge in [0, 0.05) is 80.5 Å². The molecule has 0 N–H and O–H groups in total. The van der Waals surface area contributed by atoms with E-state index in [4.69, 9.17) is 19.9 Å². The summed E-state index contributed by atoms with van der Waals surface area (Å²) >= 11 is 0. The molecule has 0 saturated carbocycles. The van der Waals surface area contributed by atoms with Gasteiger partial charge < -0.3 is 19.6 Å². The maximum Gasteiger partial charge on any atom is 0.113 e. The monoisotopic (exact) mass is 1130 g/mol. The van der Waals surface area contributed by atoms with E-state index in [-0.39, 0.29) is 0 Å². The summed E-state index contributed by atoms with van der Waals surface area (Å²) in [7, 11) is 0. The number of aromatic nitrogens is 4. The molecule has 14 aromatic carbocycles. The summed E-state index contributed by atoms with van der Waals surface area (Å²) in [5, 5.41) is 9.27. The Hall–Kier alpha value is -12.0. The quantitative estimate of drug-likeness (QED) is 0.113. The fourth-order valence-electron chi connectivity index (χ4n) is 12.7. The summed E-state index contributed by atoms with van der Waals surface area (Å²) in [5.41, 5.74) is 17.9. The van der Waals surface area contributed by atoms with Crippen molar-refractivity contribution in [3.8, 4) is 11.1 Å². The maximum absolute atomic E-state index is 4.88. The Balaban J connectivity index is 0.764. The Bertz CT molecular complexity index is 4720. The van der Waals surface area contributed by atoms with Gasteiger partial charge in [0.1, 0.15) is 11.0 Å². The number of benzene rings is 14. The molecule has 16 rings (SSSR count). The maximum atomic E-state index is 4.88. The van der Waals surface area contributed by atoms with Crippen LogP contribution in [0.25, 0.3) is 76.3 Å². The lowest BCUT2D eigenvalue weighted by Gasteiger charge is -2.30. The van der Waals surface area contributed by atoms with Crippen LogP contribution in [-0.2, 0) is 0 Å². The molecular formula is C80H54N8. The van der Waals surface area contributed by atoms with E-state index in [1.165, 1.54) is 10.8 Å². The van der Waals surface area contributed by atoms with E-state index in [1.54, 1.807) is 24.8 Å². The Morgan fingerprint density at radius 3 is 0.750 bits per heavy atom. The first-order valence-electron chi connectivity index (χ1n) is 29.6. The van der Waals surface area contributed by atoms with Crippen LogP contribution in [0.1, 0.15) is 0 Å². The molecule has 2 heterocycles. The molecule has 88 heavy (non-hydrogen) atoms. The van der Waals surface area contributed by atoms with Crippen LogP contribution in [0.5, 0.6) is 0 Å². The lowest BCUT2D eigenvalue weighted by molar-refractivity contribution is 1.24. The number of para-hydroxylation sites is 2. The van der Waals surface area contributed by atoms with Crippen LogP contribution in [0, 0.1) is 0 Å². The van der Waals surface area contributed by atoms with Crippen molar-refractivity contribution in [3.63, 3.8) is 0 Å². The third-order valence-corrected chi connectivity index (χ3v) is 16.8. The number of anilines is 12. The molecule has 0 unspecified atom stereocenters. The van der Waals surface area contributed by atoms with E-state index in [1.807, 2.05) is 12.1 Å². The van der Waals surface area contributed by atoms with Gasteiger partial charge in [0.2, 0.25) is 0 Å². The highest BCUT2D eigenvalue weighted by Gasteiger charge is 2.24. The van der Waals surface area contributed by atoms with E-state index in [2.05, 4.69) is 311 Å². The highest BCUT2D eigenvalue weighted by atomic mass is 15.2. The molecule has 0 atom stereocenters. The van der Waals surface area contributed by atoms with Gasteiger partial charge in [-0.25, -0.2) is 0 Å². The van der Waals surface area contributed by atoms with Gasteiger partial charge in [-0.15, -0.1) is 0 Å². The molecule has 0 spiro atoms. The van der Waals surface area contributed by atoms with Crippen molar-refractivity contribution in [3.05, 3.63) is 328 Å². The zero-order chi connectivity index (χ0) is 58.3. The molecule has 8 nitrogen and oxygen atoms in total. The van der Waals surface area contributed by atoms with Crippen molar-refractivity contribution >= 4 is 133 Å². The van der Waals surface area contributed by atoms with Crippen LogP contribution in [-0.4, -0.2) is 19.9 Å². The van der Waals surface area contributed by atoms with Crippen molar-refractivity contribution in [1.82, 2.24) is 19.9 Å². The number of hydrogen-bond donors (Lipinski definition) is 0. The average molecular weight is 1130 g/mol. The Morgan fingerprint density at radius 2 is 0.420 bits per heavy atom. The summed E-state index contributed by atoms with van der Waals surface area (Å²) in [6, 6.07) is 109. The Morgan fingerprint density at radius 1 is 0.182 bits per heavy atom. The minimum Gasteiger partial charge on any atom is -0.310 e. The number of fused-ring (bicyclic) bond motifs is 6. The van der Waals surface area contributed by atoms with Crippen molar-refractivity contribution in [2.75, 3.05) is 19.6 Å². The molecule has 0 bridgehead atoms. The van der Waals surface area contributed by atoms with Gasteiger partial charge in [0.25, 0.3) is 0 Å². The van der Waals surface area contributed by atoms with Crippen LogP contribution < -0.4 is 19.6 Å². The van der Waals surface area contributed by atoms with Gasteiger partial charge in [-0.3, -0.25) is 19.9 Å². The smallest absolute Gasteiger partial charge is 0.113 e. The van der Waals surface area contributed by atoms with Crippen LogP contribution in [0.3, 0.4) is 0 Å². The average Bonchev–Trinajstić information content (AvgIpc) is 1.41. The van der Waals surface area contributed by atoms with Crippen molar-refractivity contribution < 1.29 is 0 Å². The zero-order valence-corrected chi connectivity index (χ0v) is 47.8. The van der Waals surface area contributed by atoms with Crippen molar-refractivity contribution in [2.45, 2.75) is 0 Å². The molecule has 0 saturated heterocycles. The zero-order valence-electron chi connectivity index (χ0n) is 47.8. The lowest BCUT2D eigenvalue weighted by Crippen LogP contribution is -2.13. The summed E-state index contributed by atoms with van der Waals surface area (Å²) in [4.78, 5) is 28.5. The number of rotatable bonds is 13. The minimum atomic E-state index is 0.830. The van der Waals surface area contributed by atoms with Crippen molar-refractivity contribution in [1.29, 1.82) is 0 Å². The van der Waals surface area contributed by atoms with E-state index < -0.39 is 0 Å². The first-order valence-corrected chi connectivity index (χ1v) is 29.6. The van der Waals surface area contributed by atoms with E-state index in [0.29, 0.717) is 0 Å². The molecule has 0 aliphatic rings. The van der Waals surface area contributed by atoms with Gasteiger partial charge in [-0.2, -0.15) is 0 Å². The molecule has 0 aliphatic heterocycles. The first-order chi connectivity index (χ1) is 43.7. The molecule has 8 heteroatoms. The SMILES string of the molecule is c1ccc2c(N(c3ccc(-c4ccc(N(c5ccc(N(c6cccc7ccccc67)c6cccc7nccnc67)cc5)c5cccc6ccccc56)cc4)cc3)c3ccc(N(c4cccc5ccccc45)c4cccc5nccnc45)cc3)cccc2c1. The topological polar surface area (TPSA) is 64.5 Å². The third-order valence-electron chi connectivity index (χ3n) is 16.8. The summed E-state index contributed by atoms with van der Waals surface area (Å²) in [5.74, 6) is 0. The molecular weight excluding hydrogens is 1070 g/mol. The highest BCUT2D eigenvalue weighted by molar-refractivity contribution is 6.06. The largest absolute Gasteiger partial charge is 0.310 e. The molecule has 16 aromatic rings. The summed E-state index contributed by atoms with van der Waals surface area (Å²) < 4.78 is 0. The second-order valence-corrected chi connectivity index (χ2v) is 21.9. The van der Waals surface area contributed by atoms with Crippen LogP contribution in [0.2, 0.25) is 0 Å². The minimum absolute atomic E-state index is 0.830. The van der Waals surface area contributed by atoms with E-state index >= 15 is 0 Å². The highest BCUT2D eigenvalue weighted by Crippen LogP contribution is 2.47. The van der Waals surface area contributed by atoms with Crippen LogP contribution in [0.15, 0.2) is 328 Å². The van der Waals surface area contributed by atoms with Crippen LogP contribution >= 0.6 is 0 Å². The molecule has 0 radical (unpaired) electrons. The summed E-state index contributed by atoms with van der Waals surface area (Å²) in [6.45, 7) is 0. The van der Waals surface area contributed by atoms with Gasteiger partial charge >= 0.3 is 0 Å². The van der Waals surface area contributed by atoms with E-state index in [0.717, 1.165) is 134 Å². The fraction of sp³-hybridized carbons (Fsp3) is 0. The second kappa shape index (κ2) is 22.2. The third kappa shape index (κ3) is 9.29. The van der Waals surface area contributed by atoms with Gasteiger partial charge in [-0.1, -0.05) is 182 Å². The first kappa shape index (κ1) is 51.6. The van der Waals surface area contributed by atoms with E-state index in [9.17, 15) is 0 Å². The molecule has 2 aromatic heterocycles. The predicted octanol–water partition coefficient (Wildman–Crippen LogP) is 21.7. The fourth-order valence-corrected chi connectivity index (χ4v) is 12.7. The molecule has 0 aliphatic carbocycles. The standard InChI is InChI=1S/C80H54N8/c1-5-23-67-57(15-1)19-9-29-73(67)85(63-43-47-65(48-44-63)87(75-31-11-21-59-17-3-7-25-69(59)75)77-33-13-27-71-79(77)83-53-51-81-71)61-39-35-55(36-40-61)56-37-41-62(42-38-56)86(74-30-10-20-58-16-2-6-24-68(58)74)64-45-49-66(50-46-64)88(76-32-12-22-60-18-4-8-26-70(60)76)78-34-14-28-72-80(78)84-54-52-82-72/h1-54H. The predicted molar refractivity (Wildman–Crippen MR) is 367 cm³/mol.